The van der Waals surface area contributed by atoms with Crippen molar-refractivity contribution in [2.75, 3.05) is 0 Å². The minimum atomic E-state index is 0.737. The van der Waals surface area contributed by atoms with Gasteiger partial charge in [-0.05, 0) is 141 Å². The summed E-state index contributed by atoms with van der Waals surface area (Å²) in [5, 5.41) is 4.91. The average molecular weight is 1640 g/mol. The standard InChI is InChI=1S/C112H178N8/c1-9-17-25-33-41-49-57-65-77-90-89-101-102(94(81-69-61-53-45-37-29-21-13-5)91(90)78-66-58-50-42-34-26-18-10-2)108-115-107(101)119-112-100-87-75-74-86-99(100)111(120(112)88-76-64-56-48-40-32-24-16-8)118-106-98-85-73-72-84-97(98)105(113-106)114-109-103-95(82-70-62-54-46-38-30-22-14-6)92(79-67-59-51-43-35-27-19-11-3)93(80-68-60-52-44-36-28-20-12-4)96(104(103)110(116-108)117-109)83-71-63-55-47-39-31-23-15-7/h72-75,84-87,89H,9-71,76-83,88H2,1-8H3,(H,113,114,115,116,117,118,119). The molecule has 666 valence electrons. The first-order chi connectivity index (χ1) is 59.4. The first-order valence-electron chi connectivity index (χ1n) is 52.8. The van der Waals surface area contributed by atoms with Crippen molar-refractivity contribution >= 4 is 44.1 Å². The Kier molecular flexibility index (Phi) is 49.0. The van der Waals surface area contributed by atoms with Crippen LogP contribution in [0.4, 0.5) is 0 Å². The number of hydrogen-bond acceptors (Lipinski definition) is 6. The maximum absolute atomic E-state index is 6.48. The Morgan fingerprint density at radius 2 is 0.483 bits per heavy atom. The van der Waals surface area contributed by atoms with Gasteiger partial charge in [-0.15, -0.1) is 0 Å². The van der Waals surface area contributed by atoms with Crippen LogP contribution in [-0.2, 0) is 51.5 Å². The molecule has 0 aliphatic carbocycles. The van der Waals surface area contributed by atoms with Gasteiger partial charge in [0, 0.05) is 50.3 Å². The fraction of sp³-hybridized carbons (Fsp3) is 0.714. The van der Waals surface area contributed by atoms with Gasteiger partial charge in [0.05, 0.1) is 0 Å². The van der Waals surface area contributed by atoms with E-state index < -0.39 is 0 Å². The Labute approximate surface area is 735 Å². The molecule has 0 saturated carbocycles. The lowest BCUT2D eigenvalue weighted by Gasteiger charge is -2.22. The number of aromatic amines is 1. The third-order valence-corrected chi connectivity index (χ3v) is 27.6. The number of aryl methyl sites for hydroxylation is 4. The molecule has 0 unspecified atom stereocenters. The van der Waals surface area contributed by atoms with Crippen LogP contribution < -0.4 is 0 Å². The Morgan fingerprint density at radius 3 is 0.833 bits per heavy atom. The van der Waals surface area contributed by atoms with Crippen LogP contribution in [0.5, 0.6) is 0 Å². The van der Waals surface area contributed by atoms with E-state index in [1.165, 1.54) is 432 Å². The lowest BCUT2D eigenvalue weighted by atomic mass is 9.82. The highest BCUT2D eigenvalue weighted by atomic mass is 15.1. The van der Waals surface area contributed by atoms with Crippen LogP contribution >= 0.6 is 0 Å². The zero-order chi connectivity index (χ0) is 84.1. The molecule has 4 aromatic carbocycles. The monoisotopic (exact) mass is 1640 g/mol. The quantitative estimate of drug-likeness (QED) is 0.0382. The molecule has 0 radical (unpaired) electrons. The number of unbranched alkanes of at least 4 members (excludes halogenated alkanes) is 56. The van der Waals surface area contributed by atoms with Crippen molar-refractivity contribution in [1.82, 2.24) is 39.5 Å². The number of aromatic nitrogens is 8. The maximum atomic E-state index is 6.48. The van der Waals surface area contributed by atoms with E-state index in [1.54, 1.807) is 33.4 Å². The summed E-state index contributed by atoms with van der Waals surface area (Å²) < 4.78 is 2.51. The lowest BCUT2D eigenvalue weighted by Crippen LogP contribution is -2.08. The Bertz CT molecular complexity index is 4110. The third kappa shape index (κ3) is 32.0. The SMILES string of the molecule is CCCCCCCCCCc1cc2c(c(CCCCCCCCCC)c1CCCCCCCCCC)-c1nc-2nc2c3ccccc3c(nc3nc(nc4[nH]c(n1)c1c(CCCCCCCCCC)c(CCCCCCCCCC)c(CCCCCCCCCC)c(CCCCCCCCCC)c41)-c1ccccc1-3)n2CCCCCCCCCC. The van der Waals surface area contributed by atoms with Crippen molar-refractivity contribution < 1.29 is 0 Å². The second-order valence-corrected chi connectivity index (χ2v) is 37.8. The Morgan fingerprint density at radius 1 is 0.225 bits per heavy atom. The van der Waals surface area contributed by atoms with E-state index in [-0.39, 0.29) is 0 Å². The maximum Gasteiger partial charge on any atom is 0.165 e. The normalized spacial score (nSPS) is 12.1. The van der Waals surface area contributed by atoms with E-state index in [0.717, 1.165) is 126 Å². The van der Waals surface area contributed by atoms with Gasteiger partial charge in [0.15, 0.2) is 23.3 Å². The second-order valence-electron chi connectivity index (χ2n) is 37.8. The Hall–Kier alpha value is -5.76. The number of nitrogens with one attached hydrogen (secondary N) is 1. The minimum Gasteiger partial charge on any atom is -0.324 e. The van der Waals surface area contributed by atoms with Crippen LogP contribution in [0, 0.1) is 0 Å². The second kappa shape index (κ2) is 60.0. The average Bonchev–Trinajstić information content (AvgIpc) is 1.56. The van der Waals surface area contributed by atoms with Gasteiger partial charge in [-0.2, -0.15) is 0 Å². The molecule has 5 heterocycles. The van der Waals surface area contributed by atoms with Gasteiger partial charge in [-0.25, -0.2) is 29.9 Å². The summed E-state index contributed by atoms with van der Waals surface area (Å²) in [6, 6.07) is 20.7. The molecule has 3 aromatic heterocycles. The number of hydrogen-bond donors (Lipinski definition) is 1. The molecule has 0 amide bonds. The van der Waals surface area contributed by atoms with Gasteiger partial charge < -0.3 is 9.55 Å². The molecule has 8 bridgehead atoms. The molecule has 8 nitrogen and oxygen atoms in total. The number of nitrogens with zero attached hydrogens (tertiary/aromatic N) is 7. The van der Waals surface area contributed by atoms with Crippen LogP contribution in [0.1, 0.15) is 505 Å². The summed E-state index contributed by atoms with van der Waals surface area (Å²) >= 11 is 0. The molecule has 0 fully saturated rings. The van der Waals surface area contributed by atoms with Crippen molar-refractivity contribution in [3.05, 3.63) is 93.5 Å². The van der Waals surface area contributed by atoms with E-state index in [2.05, 4.69) is 120 Å². The summed E-state index contributed by atoms with van der Waals surface area (Å²) in [4.78, 5) is 41.2. The van der Waals surface area contributed by atoms with Gasteiger partial charge in [-0.1, -0.05) is 463 Å². The molecule has 7 aromatic rings. The smallest absolute Gasteiger partial charge is 0.165 e. The van der Waals surface area contributed by atoms with Crippen LogP contribution in [0.2, 0.25) is 0 Å². The summed E-state index contributed by atoms with van der Waals surface area (Å²) in [6.45, 7) is 19.7. The minimum absolute atomic E-state index is 0.737. The molecular weight excluding hydrogens is 1460 g/mol. The zero-order valence-electron chi connectivity index (χ0n) is 79.2. The molecule has 0 spiro atoms. The number of rotatable bonds is 72. The first-order valence-corrected chi connectivity index (χ1v) is 52.8. The summed E-state index contributed by atoms with van der Waals surface area (Å²) in [6.07, 6.45) is 91.2. The van der Waals surface area contributed by atoms with Gasteiger partial charge in [0.1, 0.15) is 22.6 Å². The Balaban J connectivity index is 1.41. The molecule has 0 atom stereocenters. The number of H-pyrrole nitrogens is 1. The lowest BCUT2D eigenvalue weighted by molar-refractivity contribution is 0.551. The summed E-state index contributed by atoms with van der Waals surface area (Å²) in [7, 11) is 0. The number of fused-ring (bicyclic) bond motifs is 20. The van der Waals surface area contributed by atoms with Crippen molar-refractivity contribution in [2.24, 2.45) is 0 Å². The fourth-order valence-electron chi connectivity index (χ4n) is 20.4. The molecule has 2 aliphatic heterocycles. The molecular formula is C112H178N8. The molecule has 120 heavy (non-hydrogen) atoms. The largest absolute Gasteiger partial charge is 0.324 e. The van der Waals surface area contributed by atoms with Gasteiger partial charge in [-0.3, -0.25) is 0 Å². The van der Waals surface area contributed by atoms with Crippen molar-refractivity contribution in [2.45, 2.75) is 518 Å². The van der Waals surface area contributed by atoms with Crippen LogP contribution in [0.15, 0.2) is 54.6 Å². The number of benzene rings is 4. The molecule has 9 rings (SSSR count). The van der Waals surface area contributed by atoms with E-state index in [9.17, 15) is 0 Å². The highest BCUT2D eigenvalue weighted by Gasteiger charge is 2.31. The molecule has 2 aliphatic rings. The highest BCUT2D eigenvalue weighted by Crippen LogP contribution is 2.46. The predicted molar refractivity (Wildman–Crippen MR) is 527 cm³/mol. The van der Waals surface area contributed by atoms with Crippen molar-refractivity contribution in [3.8, 4) is 45.6 Å². The van der Waals surface area contributed by atoms with Gasteiger partial charge in [0.2, 0.25) is 0 Å². The summed E-state index contributed by atoms with van der Waals surface area (Å²) in [5.74, 6) is 3.17. The first kappa shape index (κ1) is 98.0. The predicted octanol–water partition coefficient (Wildman–Crippen LogP) is 36.3. The van der Waals surface area contributed by atoms with Crippen LogP contribution in [0.25, 0.3) is 89.7 Å². The molecule has 1 N–H and O–H groups in total. The fourth-order valence-corrected chi connectivity index (χ4v) is 20.4. The molecule has 0 saturated heterocycles. The topological polar surface area (TPSA) is 98.1 Å². The summed E-state index contributed by atoms with van der Waals surface area (Å²) in [5.41, 5.74) is 19.6. The van der Waals surface area contributed by atoms with Crippen LogP contribution in [0.3, 0.4) is 0 Å². The zero-order valence-corrected chi connectivity index (χ0v) is 79.2. The van der Waals surface area contributed by atoms with E-state index >= 15 is 0 Å². The van der Waals surface area contributed by atoms with Crippen molar-refractivity contribution in [1.29, 1.82) is 0 Å². The van der Waals surface area contributed by atoms with E-state index in [4.69, 9.17) is 29.9 Å². The van der Waals surface area contributed by atoms with Crippen LogP contribution in [-0.4, -0.2) is 39.5 Å². The van der Waals surface area contributed by atoms with Gasteiger partial charge in [0.25, 0.3) is 0 Å². The van der Waals surface area contributed by atoms with Gasteiger partial charge >= 0.3 is 0 Å². The molecule has 8 heteroatoms. The third-order valence-electron chi connectivity index (χ3n) is 27.6. The highest BCUT2D eigenvalue weighted by molar-refractivity contribution is 6.10. The van der Waals surface area contributed by atoms with E-state index in [1.807, 2.05) is 0 Å². The van der Waals surface area contributed by atoms with E-state index in [0.29, 0.717) is 0 Å². The van der Waals surface area contributed by atoms with Crippen molar-refractivity contribution in [3.63, 3.8) is 0 Å².